The van der Waals surface area contributed by atoms with E-state index in [0.717, 1.165) is 87.8 Å². The number of hydrogen-bond acceptors (Lipinski definition) is 8. The van der Waals surface area contributed by atoms with Crippen molar-refractivity contribution in [2.45, 2.75) is 83.0 Å². The number of aromatic nitrogens is 4. The van der Waals surface area contributed by atoms with Crippen LogP contribution in [0.15, 0.2) is 59.8 Å². The van der Waals surface area contributed by atoms with Crippen molar-refractivity contribution in [2.24, 2.45) is 5.41 Å². The summed E-state index contributed by atoms with van der Waals surface area (Å²) < 4.78 is 77.2. The summed E-state index contributed by atoms with van der Waals surface area (Å²) in [4.78, 5) is 11.6. The van der Waals surface area contributed by atoms with Gasteiger partial charge in [-0.1, -0.05) is 54.5 Å². The summed E-state index contributed by atoms with van der Waals surface area (Å²) in [6, 6.07) is 14.7. The van der Waals surface area contributed by atoms with E-state index in [1.54, 1.807) is 12.3 Å². The van der Waals surface area contributed by atoms with Crippen LogP contribution in [0.2, 0.25) is 0 Å². The molecular formula is C33H38F3N6O3OsS2+. The fraction of sp³-hybridized carbons (Fsp3) is 0.455. The minimum atomic E-state index is -4.45. The Morgan fingerprint density at radius 2 is 1.77 bits per heavy atom. The fourth-order valence-electron chi connectivity index (χ4n) is 5.77. The summed E-state index contributed by atoms with van der Waals surface area (Å²) in [5.41, 5.74) is 0.313. The third-order valence-corrected chi connectivity index (χ3v) is 11.0. The van der Waals surface area contributed by atoms with Crippen LogP contribution in [-0.4, -0.2) is 53.5 Å². The molecule has 2 aliphatic rings. The molecule has 1 N–H and O–H groups in total. The number of ether oxygens (including phenoxy) is 1. The number of halogens is 3. The van der Waals surface area contributed by atoms with Crippen LogP contribution in [0.3, 0.4) is 0 Å². The van der Waals surface area contributed by atoms with Crippen molar-refractivity contribution >= 4 is 32.3 Å². The quantitative estimate of drug-likeness (QED) is 0.204. The maximum absolute atomic E-state index is 13.7. The molecule has 3 aromatic heterocycles. The summed E-state index contributed by atoms with van der Waals surface area (Å²) in [5, 5.41) is 4.89. The molecule has 4 aromatic rings. The Balaban J connectivity index is 0.00000451. The Morgan fingerprint density at radius 1 is 1.02 bits per heavy atom. The zero-order valence-corrected chi connectivity index (χ0v) is 31.1. The molecule has 258 valence electrons. The molecule has 6 rings (SSSR count). The third kappa shape index (κ3) is 7.89. The first kappa shape index (κ1) is 36.3. The Hall–Kier alpha value is -3.01. The van der Waals surface area contributed by atoms with Gasteiger partial charge < -0.3 is 15.6 Å². The molecule has 0 amide bonds. The van der Waals surface area contributed by atoms with Gasteiger partial charge in [0.05, 0.1) is 5.41 Å². The normalized spacial score (nSPS) is 17.8. The topological polar surface area (TPSA) is 102 Å². The van der Waals surface area contributed by atoms with E-state index >= 15 is 0 Å². The van der Waals surface area contributed by atoms with Crippen LogP contribution in [0.1, 0.15) is 64.9 Å². The molecule has 1 fully saturated rings. The summed E-state index contributed by atoms with van der Waals surface area (Å²) in [6.45, 7) is 4.48. The van der Waals surface area contributed by atoms with E-state index < -0.39 is 28.2 Å². The van der Waals surface area contributed by atoms with Crippen molar-refractivity contribution in [1.82, 2.24) is 19.7 Å². The van der Waals surface area contributed by atoms with Crippen molar-refractivity contribution in [1.29, 1.82) is 0 Å². The molecular weight excluding hydrogens is 840 g/mol. The van der Waals surface area contributed by atoms with Crippen LogP contribution in [0, 0.1) is 11.3 Å². The van der Waals surface area contributed by atoms with Gasteiger partial charge in [0.2, 0.25) is 5.88 Å². The molecule has 1 saturated carbocycles. The van der Waals surface area contributed by atoms with E-state index in [9.17, 15) is 21.6 Å². The number of aryl methyl sites for hydroxylation is 1. The number of pyridine rings is 1. The Kier molecular flexibility index (Phi) is 10.9. The third-order valence-electron chi connectivity index (χ3n) is 8.71. The van der Waals surface area contributed by atoms with Crippen LogP contribution >= 0.6 is 11.3 Å². The van der Waals surface area contributed by atoms with Crippen molar-refractivity contribution < 1.29 is 46.1 Å². The molecule has 48 heavy (non-hydrogen) atoms. The van der Waals surface area contributed by atoms with Gasteiger partial charge in [-0.3, -0.25) is 4.72 Å². The predicted molar refractivity (Wildman–Crippen MR) is 177 cm³/mol. The first-order chi connectivity index (χ1) is 22.3. The average Bonchev–Trinajstić information content (AvgIpc) is 3.65. The number of alkyl halides is 3. The average molecular weight is 878 g/mol. The molecule has 0 saturated heterocycles. The summed E-state index contributed by atoms with van der Waals surface area (Å²) in [6.07, 6.45) is 3.86. The number of sulfonamides is 1. The fourth-order valence-corrected chi connectivity index (χ4v) is 7.89. The molecule has 0 atom stereocenters. The number of benzene rings is 1. The maximum atomic E-state index is 13.7. The second-order valence-electron chi connectivity index (χ2n) is 12.9. The predicted octanol–water partition coefficient (Wildman–Crippen LogP) is 7.84. The van der Waals surface area contributed by atoms with Gasteiger partial charge in [-0.15, -0.1) is 5.10 Å². The van der Waals surface area contributed by atoms with Crippen molar-refractivity contribution in [3.63, 3.8) is 0 Å². The molecule has 4 bridgehead atoms. The molecule has 0 spiro atoms. The second-order valence-corrected chi connectivity index (χ2v) is 15.5. The second kappa shape index (κ2) is 14.5. The summed E-state index contributed by atoms with van der Waals surface area (Å²) >= 11 is 1.07. The SMILES string of the molecule is C[C-]1CC(N2CCCCCCc3ccccc3-c3nc(sc3-n3ccc(OCC(C)(C)C(F)(F)F)n3)NS(=O)(=O)c3cccc2n3)C1.[Os+2]. The molecule has 15 heteroatoms. The van der Waals surface area contributed by atoms with Crippen LogP contribution < -0.4 is 14.4 Å². The molecule has 0 unspecified atom stereocenters. The number of nitrogens with one attached hydrogen (secondary N) is 1. The van der Waals surface area contributed by atoms with E-state index in [1.165, 1.54) is 22.7 Å². The van der Waals surface area contributed by atoms with E-state index in [4.69, 9.17) is 9.72 Å². The summed E-state index contributed by atoms with van der Waals surface area (Å²) in [5.74, 6) is 2.08. The minimum Gasteiger partial charge on any atom is -0.476 e. The number of hydrogen-bond donors (Lipinski definition) is 1. The van der Waals surface area contributed by atoms with Gasteiger partial charge in [-0.2, -0.15) is 41.4 Å². The molecule has 0 radical (unpaired) electrons. The van der Waals surface area contributed by atoms with Crippen LogP contribution in [0.4, 0.5) is 24.1 Å². The number of nitrogens with zero attached hydrogens (tertiary/aromatic N) is 5. The van der Waals surface area contributed by atoms with Crippen LogP contribution in [0.5, 0.6) is 5.88 Å². The first-order valence-electron chi connectivity index (χ1n) is 15.7. The molecule has 1 aromatic carbocycles. The maximum Gasteiger partial charge on any atom is 2.00 e. The Bertz CT molecular complexity index is 1820. The molecule has 1 aliphatic heterocycles. The molecule has 4 heterocycles. The Labute approximate surface area is 296 Å². The molecule has 9 nitrogen and oxygen atoms in total. The number of thiazole rings is 1. The van der Waals surface area contributed by atoms with E-state index in [0.29, 0.717) is 22.6 Å². The largest absolute Gasteiger partial charge is 2.00 e. The Morgan fingerprint density at radius 3 is 2.52 bits per heavy atom. The van der Waals surface area contributed by atoms with Gasteiger partial charge in [0, 0.05) is 24.4 Å². The van der Waals surface area contributed by atoms with Crippen LogP contribution in [0.25, 0.3) is 16.3 Å². The van der Waals surface area contributed by atoms with Gasteiger partial charge in [0.25, 0.3) is 10.0 Å². The first-order valence-corrected chi connectivity index (χ1v) is 18.0. The monoisotopic (exact) mass is 879 g/mol. The van der Waals surface area contributed by atoms with E-state index in [-0.39, 0.29) is 35.8 Å². The molecule has 1 aliphatic carbocycles. The van der Waals surface area contributed by atoms with E-state index in [1.807, 2.05) is 30.3 Å². The van der Waals surface area contributed by atoms with Gasteiger partial charge in [-0.25, -0.2) is 14.6 Å². The standard InChI is InChI=1S/C33H38F3N6O3S2.Os/c1-22-19-24(20-22)41-17-9-5-4-6-11-23-12-7-8-13-25(23)29-30(42-18-16-27(39-42)45-21-32(2,3)33(34,35)36)46-31(38-29)40-47(43,44)28-15-10-14-26(41)37-28;/h7-8,10,12-16,18,24H,4-6,9,11,17,19-21H2,1-3H3,(H,38,40);/q-1;+2. The van der Waals surface area contributed by atoms with E-state index in [2.05, 4.69) is 26.6 Å². The van der Waals surface area contributed by atoms with Crippen LogP contribution in [-0.2, 0) is 36.2 Å². The zero-order chi connectivity index (χ0) is 33.4. The van der Waals surface area contributed by atoms with Crippen molar-refractivity contribution in [2.75, 3.05) is 22.8 Å². The smallest absolute Gasteiger partial charge is 0.476 e. The van der Waals surface area contributed by atoms with Gasteiger partial charge in [0.15, 0.2) is 10.2 Å². The van der Waals surface area contributed by atoms with Gasteiger partial charge in [-0.05, 0) is 56.8 Å². The number of fused-ring (bicyclic) bond motifs is 6. The minimum absolute atomic E-state index is 0. The number of rotatable bonds is 5. The van der Waals surface area contributed by atoms with Crippen molar-refractivity contribution in [3.8, 4) is 22.1 Å². The van der Waals surface area contributed by atoms with Crippen molar-refractivity contribution in [3.05, 3.63) is 66.2 Å². The summed E-state index contributed by atoms with van der Waals surface area (Å²) in [7, 11) is -4.13. The number of anilines is 2. The van der Waals surface area contributed by atoms with Gasteiger partial charge in [0.1, 0.15) is 23.1 Å². The van der Waals surface area contributed by atoms with Gasteiger partial charge >= 0.3 is 26.0 Å². The zero-order valence-electron chi connectivity index (χ0n) is 26.9.